The van der Waals surface area contributed by atoms with Crippen molar-refractivity contribution in [1.29, 1.82) is 0 Å². The van der Waals surface area contributed by atoms with E-state index < -0.39 is 30.1 Å². The number of aryl methyl sites for hydroxylation is 2. The Morgan fingerprint density at radius 2 is 1.12 bits per heavy atom. The number of hydrogen-bond donors (Lipinski definition) is 2. The van der Waals surface area contributed by atoms with Crippen LogP contribution >= 0.6 is 0 Å². The van der Waals surface area contributed by atoms with Crippen molar-refractivity contribution in [3.63, 3.8) is 0 Å². The number of alkyl halides is 9. The molecule has 2 amide bonds. The van der Waals surface area contributed by atoms with Crippen molar-refractivity contribution >= 4 is 11.7 Å². The molecule has 0 heterocycles. The molecule has 12 heteroatoms. The van der Waals surface area contributed by atoms with Gasteiger partial charge in [0.2, 0.25) is 0 Å². The molecule has 1 aromatic carbocycles. The lowest BCUT2D eigenvalue weighted by Gasteiger charge is -2.38. The lowest BCUT2D eigenvalue weighted by atomic mass is 9.97. The van der Waals surface area contributed by atoms with Crippen LogP contribution in [0.25, 0.3) is 0 Å². The van der Waals surface area contributed by atoms with E-state index in [1.807, 2.05) is 0 Å². The molecular weight excluding hydrogens is 383 g/mol. The molecule has 0 radical (unpaired) electrons. The van der Waals surface area contributed by atoms with Gasteiger partial charge < -0.3 is 10.6 Å². The van der Waals surface area contributed by atoms with Crippen molar-refractivity contribution in [3.05, 3.63) is 28.8 Å². The zero-order valence-electron chi connectivity index (χ0n) is 13.5. The molecule has 148 valence electrons. The Morgan fingerprint density at radius 1 is 0.769 bits per heavy atom. The molecule has 26 heavy (non-hydrogen) atoms. The molecule has 0 aromatic heterocycles. The normalized spacial score (nSPS) is 13.5. The number of hydrogen-bond acceptors (Lipinski definition) is 1. The summed E-state index contributed by atoms with van der Waals surface area (Å²) in [6.45, 7) is 4.74. The summed E-state index contributed by atoms with van der Waals surface area (Å²) in [5.41, 5.74) is -4.90. The smallest absolute Gasteiger partial charge is 0.308 e. The average molecular weight is 396 g/mol. The summed E-state index contributed by atoms with van der Waals surface area (Å²) in [6.07, 6.45) is -20.6. The van der Waals surface area contributed by atoms with Crippen molar-refractivity contribution < 1.29 is 44.3 Å². The van der Waals surface area contributed by atoms with Gasteiger partial charge in [-0.25, -0.2) is 4.79 Å². The minimum Gasteiger partial charge on any atom is -0.308 e. The van der Waals surface area contributed by atoms with Crippen LogP contribution in [0.1, 0.15) is 16.7 Å². The number of benzene rings is 1. The number of urea groups is 1. The zero-order chi connectivity index (χ0) is 20.7. The minimum absolute atomic E-state index is 0.0274. The number of carbonyl (C=O) groups is 1. The molecule has 1 aromatic rings. The Balaban J connectivity index is 3.31. The largest absolute Gasteiger partial charge is 0.429 e. The number of carbonyl (C=O) groups excluding carboxylic acids is 1. The molecule has 0 fully saturated rings. The molecule has 0 aliphatic carbocycles. The van der Waals surface area contributed by atoms with E-state index >= 15 is 0 Å². The van der Waals surface area contributed by atoms with Gasteiger partial charge in [-0.3, -0.25) is 0 Å². The van der Waals surface area contributed by atoms with Gasteiger partial charge in [0, 0.05) is 5.69 Å². The second-order valence-electron chi connectivity index (χ2n) is 5.56. The van der Waals surface area contributed by atoms with E-state index in [4.69, 9.17) is 0 Å². The van der Waals surface area contributed by atoms with E-state index in [1.165, 1.54) is 26.0 Å². The minimum atomic E-state index is -6.88. The summed E-state index contributed by atoms with van der Waals surface area (Å²) in [5.74, 6) is 0. The van der Waals surface area contributed by atoms with E-state index in [1.54, 1.807) is 12.2 Å². The fourth-order valence-electron chi connectivity index (χ4n) is 2.14. The van der Waals surface area contributed by atoms with Gasteiger partial charge >= 0.3 is 30.1 Å². The van der Waals surface area contributed by atoms with Crippen LogP contribution in [0.2, 0.25) is 0 Å². The van der Waals surface area contributed by atoms with Gasteiger partial charge in [0.25, 0.3) is 0 Å². The van der Waals surface area contributed by atoms with Crippen LogP contribution in [0.15, 0.2) is 12.1 Å². The second kappa shape index (κ2) is 6.54. The summed E-state index contributed by atoms with van der Waals surface area (Å²) in [5, 5.41) is 1.60. The molecule has 0 atom stereocenters. The van der Waals surface area contributed by atoms with E-state index in [2.05, 4.69) is 0 Å². The van der Waals surface area contributed by atoms with Crippen molar-refractivity contribution in [2.24, 2.45) is 0 Å². The Labute approximate surface area is 141 Å². The van der Waals surface area contributed by atoms with Crippen LogP contribution in [0.3, 0.4) is 0 Å². The lowest BCUT2D eigenvalue weighted by molar-refractivity contribution is -0.386. The summed E-state index contributed by atoms with van der Waals surface area (Å²) >= 11 is 0. The van der Waals surface area contributed by atoms with Crippen molar-refractivity contribution in [3.8, 4) is 0 Å². The number of anilines is 1. The predicted molar refractivity (Wildman–Crippen MR) is 73.7 cm³/mol. The van der Waals surface area contributed by atoms with Crippen LogP contribution < -0.4 is 10.6 Å². The first kappa shape index (κ1) is 21.9. The summed E-state index contributed by atoms with van der Waals surface area (Å²) in [6, 6.07) is 0.0797. The molecule has 2 N–H and O–H groups in total. The van der Waals surface area contributed by atoms with Gasteiger partial charge in [0.15, 0.2) is 0 Å². The summed E-state index contributed by atoms with van der Waals surface area (Å²) in [7, 11) is 0. The first-order valence-corrected chi connectivity index (χ1v) is 6.81. The van der Waals surface area contributed by atoms with Crippen molar-refractivity contribution in [1.82, 2.24) is 5.32 Å². The number of nitrogens with one attached hydrogen (secondary N) is 2. The fourth-order valence-corrected chi connectivity index (χ4v) is 2.14. The van der Waals surface area contributed by atoms with Crippen LogP contribution in [0, 0.1) is 20.8 Å². The molecule has 0 bridgehead atoms. The third-order valence-corrected chi connectivity index (χ3v) is 3.76. The highest BCUT2D eigenvalue weighted by molar-refractivity contribution is 5.90. The van der Waals surface area contributed by atoms with E-state index in [9.17, 15) is 44.3 Å². The van der Waals surface area contributed by atoms with Crippen LogP contribution in [0.5, 0.6) is 0 Å². The first-order valence-electron chi connectivity index (χ1n) is 6.81. The van der Waals surface area contributed by atoms with E-state index in [-0.39, 0.29) is 11.0 Å². The highest BCUT2D eigenvalue weighted by Gasteiger charge is 2.84. The quantitative estimate of drug-likeness (QED) is 0.667. The zero-order valence-corrected chi connectivity index (χ0v) is 13.5. The number of halogens is 9. The summed E-state index contributed by atoms with van der Waals surface area (Å²) < 4.78 is 115. The third-order valence-electron chi connectivity index (χ3n) is 3.76. The van der Waals surface area contributed by atoms with Crippen LogP contribution in [-0.2, 0) is 0 Å². The SMILES string of the molecule is Cc1cc(NC(=O)NC(C(F)(F)F)(C(F)(F)F)C(F)(F)F)cc(C)c1C. The highest BCUT2D eigenvalue weighted by atomic mass is 19.4. The molecule has 0 saturated carbocycles. The number of amides is 2. The maximum atomic E-state index is 12.8. The maximum Gasteiger partial charge on any atom is 0.429 e. The molecule has 0 aliphatic heterocycles. The Kier molecular flexibility index (Phi) is 5.51. The van der Waals surface area contributed by atoms with Gasteiger partial charge in [-0.05, 0) is 49.6 Å². The fraction of sp³-hybridized carbons (Fsp3) is 0.500. The number of rotatable bonds is 2. The Bertz CT molecular complexity index is 630. The van der Waals surface area contributed by atoms with Crippen LogP contribution in [0.4, 0.5) is 50.0 Å². The Morgan fingerprint density at radius 3 is 1.42 bits per heavy atom. The standard InChI is InChI=1S/C14H13F9N2O/c1-6-4-9(5-7(2)8(6)3)24-10(26)25-11(12(15,16)17,13(18,19)20)14(21,22)23/h4-5H,1-3H3,(H2,24,25,26). The van der Waals surface area contributed by atoms with Gasteiger partial charge in [-0.2, -0.15) is 39.5 Å². The second-order valence-corrected chi connectivity index (χ2v) is 5.56. The maximum absolute atomic E-state index is 12.8. The van der Waals surface area contributed by atoms with Crippen molar-refractivity contribution in [2.45, 2.75) is 44.8 Å². The molecule has 0 aliphatic rings. The predicted octanol–water partition coefficient (Wildman–Crippen LogP) is 5.16. The van der Waals surface area contributed by atoms with E-state index in [0.717, 1.165) is 5.56 Å². The molecule has 0 saturated heterocycles. The van der Waals surface area contributed by atoms with Gasteiger partial charge in [0.1, 0.15) is 0 Å². The Hall–Kier alpha value is -2.14. The van der Waals surface area contributed by atoms with Crippen molar-refractivity contribution in [2.75, 3.05) is 5.32 Å². The first-order chi connectivity index (χ1) is 11.4. The van der Waals surface area contributed by atoms with Gasteiger partial charge in [-0.15, -0.1) is 0 Å². The molecular formula is C14H13F9N2O. The highest BCUT2D eigenvalue weighted by Crippen LogP contribution is 2.52. The molecule has 3 nitrogen and oxygen atoms in total. The van der Waals surface area contributed by atoms with E-state index in [0.29, 0.717) is 11.1 Å². The molecule has 1 rings (SSSR count). The molecule has 0 unspecified atom stereocenters. The molecule has 0 spiro atoms. The monoisotopic (exact) mass is 396 g/mol. The average Bonchev–Trinajstić information content (AvgIpc) is 2.37. The van der Waals surface area contributed by atoms with Gasteiger partial charge in [0.05, 0.1) is 0 Å². The van der Waals surface area contributed by atoms with Crippen LogP contribution in [-0.4, -0.2) is 30.1 Å². The third kappa shape index (κ3) is 3.83. The lowest BCUT2D eigenvalue weighted by Crippen LogP contribution is -2.75. The topological polar surface area (TPSA) is 41.1 Å². The van der Waals surface area contributed by atoms with Gasteiger partial charge in [-0.1, -0.05) is 0 Å². The summed E-state index contributed by atoms with van der Waals surface area (Å²) in [4.78, 5) is 11.6.